The van der Waals surface area contributed by atoms with Crippen LogP contribution in [0.2, 0.25) is 0 Å². The molecule has 29 atom stereocenters. The number of carbonyl (C=O) groups is 2. The van der Waals surface area contributed by atoms with Gasteiger partial charge in [0.15, 0.2) is 29.3 Å². The average Bonchev–Trinajstić information content (AvgIpc) is 3.36. The highest BCUT2D eigenvalue weighted by Gasteiger charge is 2.66. The van der Waals surface area contributed by atoms with Crippen LogP contribution in [0.5, 0.6) is 0 Å². The van der Waals surface area contributed by atoms with Gasteiger partial charge >= 0.3 is 11.9 Å². The van der Waals surface area contributed by atoms with Crippen molar-refractivity contribution in [2.45, 2.75) is 307 Å². The lowest BCUT2D eigenvalue weighted by atomic mass is 9.78. The number of fused-ring (bicyclic) bond motifs is 12. The molecule has 6 N–H and O–H groups in total. The number of aliphatic hydroxyl groups excluding tert-OH is 2. The van der Waals surface area contributed by atoms with Crippen LogP contribution in [0.3, 0.4) is 0 Å². The van der Waals surface area contributed by atoms with Gasteiger partial charge in [0.05, 0.1) is 129 Å². The number of carboxylic acid groups (broad SMARTS) is 1. The van der Waals surface area contributed by atoms with Gasteiger partial charge in [-0.2, -0.15) is 0 Å². The summed E-state index contributed by atoms with van der Waals surface area (Å²) in [5.74, 6) is -8.66. The normalized spacial score (nSPS) is 54.9. The summed E-state index contributed by atoms with van der Waals surface area (Å²) < 4.78 is 87.7. The van der Waals surface area contributed by atoms with Crippen molar-refractivity contribution in [2.75, 3.05) is 0 Å². The highest BCUT2D eigenvalue weighted by atomic mass is 16.8. The second-order valence-electron chi connectivity index (χ2n) is 27.0. The van der Waals surface area contributed by atoms with E-state index in [1.165, 1.54) is 0 Å². The third-order valence-corrected chi connectivity index (χ3v) is 21.0. The van der Waals surface area contributed by atoms with Crippen molar-refractivity contribution in [1.82, 2.24) is 0 Å². The molecule has 448 valence electrons. The average molecular weight is 1130 g/mol. The number of aliphatic carboxylic acids is 1. The SMILES string of the molecule is C=C1C[C@@H]2CC[C@]3(O)O[C@@H]4C[C@H](CC(O)(O)[C@H]3O)O[C@H]3CC[C@H](CC(=O)O[C@@H]5[C@@H](C)[C@@H]6O[C@@H]7C[C@]8(C[C@@H]9O[C@]%10(C[C@H](C)[C@@H]%11O[C@H](CC(=O)O)[C@H](O)C[C@@H]%11O%10)C[C@H](C)[C@@H]9O8)O[C@@H]7C[C@@H]6O[C@H]5C[C@H]5O[C@@H](CC[C@@H]1O2)C[C@@H](C)C5=C)OC34. The van der Waals surface area contributed by atoms with E-state index in [2.05, 4.69) is 40.9 Å². The molecule has 80 heavy (non-hydrogen) atoms. The maximum atomic E-state index is 14.5. The lowest BCUT2D eigenvalue weighted by molar-refractivity contribution is -0.391. The topological polar surface area (TPSA) is 276 Å². The van der Waals surface area contributed by atoms with Crippen molar-refractivity contribution in [2.24, 2.45) is 23.7 Å². The zero-order valence-electron chi connectivity index (χ0n) is 46.7. The molecule has 1 unspecified atom stereocenters. The Balaban J connectivity index is 0.726. The minimum Gasteiger partial charge on any atom is -0.481 e. The lowest BCUT2D eigenvalue weighted by Crippen LogP contribution is -2.66. The minimum atomic E-state index is -2.71. The third-order valence-electron chi connectivity index (χ3n) is 21.0. The van der Waals surface area contributed by atoms with Crippen LogP contribution in [0.25, 0.3) is 0 Å². The van der Waals surface area contributed by atoms with E-state index in [0.717, 1.165) is 17.6 Å². The first kappa shape index (κ1) is 56.8. The summed E-state index contributed by atoms with van der Waals surface area (Å²) in [4.78, 5) is 26.0. The van der Waals surface area contributed by atoms with Gasteiger partial charge in [0.2, 0.25) is 0 Å². The first-order valence-corrected chi connectivity index (χ1v) is 30.3. The Bertz CT molecular complexity index is 2350. The Morgan fingerprint density at radius 2 is 1.24 bits per heavy atom. The molecule has 13 aliphatic heterocycles. The number of rotatable bonds is 2. The molecule has 0 amide bonds. The molecular weight excluding hydrogens is 1040 g/mol. The zero-order chi connectivity index (χ0) is 55.9. The molecule has 21 heteroatoms. The molecule has 21 nitrogen and oxygen atoms in total. The fraction of sp³-hybridized carbons (Fsp3) is 0.898. The number of aliphatic hydroxyl groups is 5. The summed E-state index contributed by atoms with van der Waals surface area (Å²) >= 11 is 0. The van der Waals surface area contributed by atoms with E-state index >= 15 is 0 Å². The summed E-state index contributed by atoms with van der Waals surface area (Å²) in [5.41, 5.74) is 1.88. The monoisotopic (exact) mass is 1130 g/mol. The number of carbonyl (C=O) groups excluding carboxylic acids is 1. The first-order valence-electron chi connectivity index (χ1n) is 30.3. The van der Waals surface area contributed by atoms with E-state index in [9.17, 15) is 40.2 Å². The van der Waals surface area contributed by atoms with Gasteiger partial charge in [0.1, 0.15) is 12.2 Å². The number of hydrogen-bond acceptors (Lipinski definition) is 20. The Labute approximate surface area is 467 Å². The lowest BCUT2D eigenvalue weighted by Gasteiger charge is -2.54. The Morgan fingerprint density at radius 1 is 0.550 bits per heavy atom. The van der Waals surface area contributed by atoms with Crippen LogP contribution < -0.4 is 0 Å². The molecule has 0 aliphatic carbocycles. The summed E-state index contributed by atoms with van der Waals surface area (Å²) in [6.45, 7) is 17.4. The van der Waals surface area contributed by atoms with Gasteiger partial charge in [0, 0.05) is 70.1 Å². The Morgan fingerprint density at radius 3 is 2.04 bits per heavy atom. The van der Waals surface area contributed by atoms with Gasteiger partial charge in [-0.05, 0) is 73.8 Å². The number of ether oxygens (including phenoxy) is 13. The molecule has 2 spiro atoms. The van der Waals surface area contributed by atoms with Crippen LogP contribution in [-0.4, -0.2) is 200 Å². The predicted molar refractivity (Wildman–Crippen MR) is 275 cm³/mol. The molecule has 13 aliphatic rings. The summed E-state index contributed by atoms with van der Waals surface area (Å²) in [6.07, 6.45) is -6.37. The van der Waals surface area contributed by atoms with E-state index in [-0.39, 0.29) is 117 Å². The molecule has 0 aromatic rings. The molecule has 13 fully saturated rings. The van der Waals surface area contributed by atoms with Gasteiger partial charge in [0.25, 0.3) is 0 Å². The fourth-order valence-corrected chi connectivity index (χ4v) is 17.1. The van der Waals surface area contributed by atoms with E-state index in [1.807, 2.05) is 0 Å². The first-order chi connectivity index (χ1) is 38.0. The van der Waals surface area contributed by atoms with Gasteiger partial charge in [-0.25, -0.2) is 0 Å². The Hall–Kier alpha value is -2.26. The van der Waals surface area contributed by atoms with Crippen LogP contribution in [-0.2, 0) is 71.2 Å². The molecular formula is C59H86O21. The van der Waals surface area contributed by atoms with Crippen LogP contribution in [0.15, 0.2) is 24.3 Å². The van der Waals surface area contributed by atoms with E-state index in [1.54, 1.807) is 0 Å². The summed E-state index contributed by atoms with van der Waals surface area (Å²) in [6, 6.07) is 0. The van der Waals surface area contributed by atoms with Crippen LogP contribution in [0.1, 0.15) is 150 Å². The maximum absolute atomic E-state index is 14.5. The molecule has 0 aromatic carbocycles. The summed E-state index contributed by atoms with van der Waals surface area (Å²) in [7, 11) is 0. The van der Waals surface area contributed by atoms with Crippen LogP contribution >= 0.6 is 0 Å². The third kappa shape index (κ3) is 10.6. The second kappa shape index (κ2) is 21.3. The molecule has 0 radical (unpaired) electrons. The molecule has 0 saturated carbocycles. The zero-order valence-corrected chi connectivity index (χ0v) is 46.7. The highest BCUT2D eigenvalue weighted by molar-refractivity contribution is 5.70. The number of hydrogen-bond donors (Lipinski definition) is 6. The smallest absolute Gasteiger partial charge is 0.308 e. The molecule has 13 saturated heterocycles. The quantitative estimate of drug-likeness (QED) is 0.130. The predicted octanol–water partition coefficient (Wildman–Crippen LogP) is 3.91. The standard InChI is InChI=1S/C59H86O21/c1-26-13-32-7-9-37-27(2)14-34(68-37)11-12-59(67)55(64)58(65,66)23-35-15-44(79-59)54-38(70-35)10-8-33(71-54)16-49(63)75-53-31(6)52-43(72-42(53)18-39(69-32)30(26)5)19-41-46(74-52)24-57(76-41)25-47-51(80-57)29(4)22-56(78-47)21-28(3)50-45(77-56)17-36(60)40(73-50)20-48(61)62/h26,28-29,31-47,50-55,60,64-67H,2,5,7-25H2,1,3-4,6H3,(H,61,62)/t26-,28+,29+,31+,32+,33-,34+,35-,36-,37+,38+,39-,40-,41-,42+,43+,44-,45+,46-,47+,50+,51+,52+,53-,54?,55-,56-,57+,59+/m1/s1. The van der Waals surface area contributed by atoms with Crippen molar-refractivity contribution >= 4 is 11.9 Å². The maximum Gasteiger partial charge on any atom is 0.308 e. The second-order valence-corrected chi connectivity index (χ2v) is 27.0. The summed E-state index contributed by atoms with van der Waals surface area (Å²) in [5, 5.41) is 66.4. The van der Waals surface area contributed by atoms with Crippen molar-refractivity contribution in [3.05, 3.63) is 24.3 Å². The minimum absolute atomic E-state index is 0.0141. The van der Waals surface area contributed by atoms with Crippen molar-refractivity contribution in [1.29, 1.82) is 0 Å². The van der Waals surface area contributed by atoms with E-state index in [0.29, 0.717) is 70.6 Å². The molecule has 13 rings (SSSR count). The van der Waals surface area contributed by atoms with E-state index in [4.69, 9.17) is 61.6 Å². The molecule has 0 aromatic heterocycles. The fourth-order valence-electron chi connectivity index (χ4n) is 17.1. The highest BCUT2D eigenvalue weighted by Crippen LogP contribution is 2.56. The molecule has 9 bridgehead atoms. The van der Waals surface area contributed by atoms with Crippen molar-refractivity contribution < 1.29 is 102 Å². The van der Waals surface area contributed by atoms with Crippen molar-refractivity contribution in [3.8, 4) is 0 Å². The van der Waals surface area contributed by atoms with Gasteiger partial charge in [-0.1, -0.05) is 40.9 Å². The molecule has 13 heterocycles. The van der Waals surface area contributed by atoms with Crippen LogP contribution in [0.4, 0.5) is 0 Å². The largest absolute Gasteiger partial charge is 0.481 e. The van der Waals surface area contributed by atoms with Crippen molar-refractivity contribution in [3.63, 3.8) is 0 Å². The number of esters is 1. The van der Waals surface area contributed by atoms with E-state index < -0.39 is 121 Å². The van der Waals surface area contributed by atoms with Gasteiger partial charge in [-0.15, -0.1) is 0 Å². The number of carboxylic acids is 1. The van der Waals surface area contributed by atoms with Gasteiger partial charge in [-0.3, -0.25) is 9.59 Å². The van der Waals surface area contributed by atoms with Crippen LogP contribution in [0, 0.1) is 23.7 Å². The Kier molecular flexibility index (Phi) is 15.1. The van der Waals surface area contributed by atoms with Gasteiger partial charge < -0.3 is 92.2 Å².